The molecule has 0 aliphatic carbocycles. The van der Waals surface area contributed by atoms with E-state index in [1.165, 1.54) is 6.07 Å². The topological polar surface area (TPSA) is 46.2 Å². The summed E-state index contributed by atoms with van der Waals surface area (Å²) in [6.07, 6.45) is 0. The van der Waals surface area contributed by atoms with E-state index in [1.807, 2.05) is 6.07 Å². The first kappa shape index (κ1) is 13.1. The largest absolute Gasteiger partial charge is 0.483 e. The van der Waals surface area contributed by atoms with E-state index in [-0.39, 0.29) is 23.7 Å². The number of furan rings is 1. The maximum absolute atomic E-state index is 13.6. The molecule has 0 amide bonds. The molecule has 0 saturated carbocycles. The minimum Gasteiger partial charge on any atom is -0.483 e. The summed E-state index contributed by atoms with van der Waals surface area (Å²) in [5, 5.41) is 9.70. The second kappa shape index (κ2) is 5.25. The van der Waals surface area contributed by atoms with Gasteiger partial charge in [-0.1, -0.05) is 12.1 Å². The van der Waals surface area contributed by atoms with Gasteiger partial charge in [-0.25, -0.2) is 8.78 Å². The molecule has 3 nitrogen and oxygen atoms in total. The van der Waals surface area contributed by atoms with Crippen molar-refractivity contribution in [1.82, 2.24) is 0 Å². The van der Waals surface area contributed by atoms with Crippen LogP contribution in [-0.2, 0) is 6.61 Å². The molecule has 1 aromatic heterocycles. The molecule has 21 heavy (non-hydrogen) atoms. The van der Waals surface area contributed by atoms with Crippen LogP contribution in [0.3, 0.4) is 0 Å². The Morgan fingerprint density at radius 3 is 2.71 bits per heavy atom. The van der Waals surface area contributed by atoms with Crippen LogP contribution in [0.25, 0.3) is 11.0 Å². The number of hydrogen-bond acceptors (Lipinski definition) is 3. The van der Waals surface area contributed by atoms with Gasteiger partial charge in [-0.2, -0.15) is 5.26 Å². The highest BCUT2D eigenvalue weighted by Gasteiger charge is 2.15. The number of benzene rings is 2. The summed E-state index contributed by atoms with van der Waals surface area (Å²) in [7, 11) is 0. The van der Waals surface area contributed by atoms with E-state index in [1.54, 1.807) is 24.3 Å². The average molecular weight is 285 g/mol. The Kier molecular flexibility index (Phi) is 3.28. The molecule has 104 valence electrons. The van der Waals surface area contributed by atoms with Gasteiger partial charge in [0.15, 0.2) is 5.75 Å². The van der Waals surface area contributed by atoms with E-state index >= 15 is 0 Å². The summed E-state index contributed by atoms with van der Waals surface area (Å²) in [5.41, 5.74) is 0.717. The average Bonchev–Trinajstić information content (AvgIpc) is 2.84. The molecular formula is C16H9F2NO2. The van der Waals surface area contributed by atoms with Crippen LogP contribution in [0, 0.1) is 23.0 Å². The van der Waals surface area contributed by atoms with Gasteiger partial charge in [0, 0.05) is 11.6 Å². The van der Waals surface area contributed by atoms with Crippen LogP contribution in [0.2, 0.25) is 0 Å². The van der Waals surface area contributed by atoms with Gasteiger partial charge < -0.3 is 9.15 Å². The highest BCUT2D eigenvalue weighted by molar-refractivity contribution is 5.86. The Bertz CT molecular complexity index is 849. The molecule has 3 aromatic rings. The van der Waals surface area contributed by atoms with Crippen LogP contribution in [0.5, 0.6) is 5.75 Å². The number of ether oxygens (including phenoxy) is 1. The normalized spacial score (nSPS) is 10.5. The fourth-order valence-electron chi connectivity index (χ4n) is 2.03. The summed E-state index contributed by atoms with van der Waals surface area (Å²) >= 11 is 0. The Morgan fingerprint density at radius 2 is 1.95 bits per heavy atom. The highest BCUT2D eigenvalue weighted by Crippen LogP contribution is 2.33. The van der Waals surface area contributed by atoms with Crippen molar-refractivity contribution in [1.29, 1.82) is 5.26 Å². The number of para-hydroxylation sites is 1. The van der Waals surface area contributed by atoms with Crippen LogP contribution >= 0.6 is 0 Å². The Morgan fingerprint density at radius 1 is 1.14 bits per heavy atom. The van der Waals surface area contributed by atoms with Gasteiger partial charge >= 0.3 is 0 Å². The summed E-state index contributed by atoms with van der Waals surface area (Å²) in [6, 6.07) is 12.2. The predicted molar refractivity (Wildman–Crippen MR) is 71.6 cm³/mol. The molecule has 0 aliphatic rings. The van der Waals surface area contributed by atoms with Crippen LogP contribution < -0.4 is 4.74 Å². The zero-order valence-corrected chi connectivity index (χ0v) is 10.8. The molecule has 0 aliphatic heterocycles. The molecule has 3 rings (SSSR count). The quantitative estimate of drug-likeness (QED) is 0.725. The zero-order valence-electron chi connectivity index (χ0n) is 10.8. The van der Waals surface area contributed by atoms with Crippen LogP contribution in [0.15, 0.2) is 46.9 Å². The van der Waals surface area contributed by atoms with Crippen molar-refractivity contribution in [2.45, 2.75) is 6.61 Å². The third-order valence-corrected chi connectivity index (χ3v) is 3.04. The lowest BCUT2D eigenvalue weighted by atomic mass is 10.2. The number of hydrogen-bond donors (Lipinski definition) is 0. The van der Waals surface area contributed by atoms with Gasteiger partial charge in [-0.05, 0) is 24.3 Å². The second-order valence-corrected chi connectivity index (χ2v) is 4.39. The molecule has 0 saturated heterocycles. The molecule has 2 aromatic carbocycles. The number of halogens is 2. The first-order chi connectivity index (χ1) is 10.2. The molecule has 0 bridgehead atoms. The first-order valence-electron chi connectivity index (χ1n) is 6.17. The van der Waals surface area contributed by atoms with Crippen LogP contribution in [0.4, 0.5) is 8.78 Å². The zero-order chi connectivity index (χ0) is 14.8. The standard InChI is InChI=1S/C16H9F2NO2/c17-11-6-5-10(13(18)7-11)9-20-16-12-3-1-2-4-14(12)21-15(16)8-19/h1-7H,9H2. The molecule has 0 fully saturated rings. The maximum Gasteiger partial charge on any atom is 0.246 e. The van der Waals surface area contributed by atoms with Crippen molar-refractivity contribution in [2.75, 3.05) is 0 Å². The molecule has 0 radical (unpaired) electrons. The van der Waals surface area contributed by atoms with E-state index < -0.39 is 11.6 Å². The third-order valence-electron chi connectivity index (χ3n) is 3.04. The summed E-state index contributed by atoms with van der Waals surface area (Å²) < 4.78 is 37.3. The first-order valence-corrected chi connectivity index (χ1v) is 6.17. The molecule has 0 N–H and O–H groups in total. The van der Waals surface area contributed by atoms with E-state index in [2.05, 4.69) is 0 Å². The van der Waals surface area contributed by atoms with Crippen LogP contribution in [-0.4, -0.2) is 0 Å². The van der Waals surface area contributed by atoms with Crippen molar-refractivity contribution in [3.05, 3.63) is 65.4 Å². The molecule has 5 heteroatoms. The van der Waals surface area contributed by atoms with E-state index in [0.717, 1.165) is 12.1 Å². The van der Waals surface area contributed by atoms with E-state index in [0.29, 0.717) is 11.0 Å². The van der Waals surface area contributed by atoms with E-state index in [9.17, 15) is 8.78 Å². The molecule has 0 atom stereocenters. The second-order valence-electron chi connectivity index (χ2n) is 4.39. The van der Waals surface area contributed by atoms with Crippen LogP contribution in [0.1, 0.15) is 11.3 Å². The number of nitriles is 1. The minimum absolute atomic E-state index is 0.0266. The Balaban J connectivity index is 1.93. The van der Waals surface area contributed by atoms with Crippen molar-refractivity contribution >= 4 is 11.0 Å². The lowest BCUT2D eigenvalue weighted by molar-refractivity contribution is 0.297. The fourth-order valence-corrected chi connectivity index (χ4v) is 2.03. The Hall–Kier alpha value is -2.87. The highest BCUT2D eigenvalue weighted by atomic mass is 19.1. The number of rotatable bonds is 3. The van der Waals surface area contributed by atoms with Gasteiger partial charge in [0.2, 0.25) is 5.76 Å². The van der Waals surface area contributed by atoms with Gasteiger partial charge in [0.25, 0.3) is 0 Å². The lowest BCUT2D eigenvalue weighted by Crippen LogP contribution is -1.99. The smallest absolute Gasteiger partial charge is 0.246 e. The van der Waals surface area contributed by atoms with Gasteiger partial charge in [-0.3, -0.25) is 0 Å². The van der Waals surface area contributed by atoms with Crippen molar-refractivity contribution in [3.8, 4) is 11.8 Å². The monoisotopic (exact) mass is 285 g/mol. The van der Waals surface area contributed by atoms with Gasteiger partial charge in [0.05, 0.1) is 5.39 Å². The maximum atomic E-state index is 13.6. The predicted octanol–water partition coefficient (Wildman–Crippen LogP) is 4.16. The SMILES string of the molecule is N#Cc1oc2ccccc2c1OCc1ccc(F)cc1F. The molecule has 0 unspecified atom stereocenters. The van der Waals surface area contributed by atoms with Crippen molar-refractivity contribution < 1.29 is 17.9 Å². The summed E-state index contributed by atoms with van der Waals surface area (Å²) in [4.78, 5) is 0. The van der Waals surface area contributed by atoms with Crippen molar-refractivity contribution in [3.63, 3.8) is 0 Å². The molecular weight excluding hydrogens is 276 g/mol. The van der Waals surface area contributed by atoms with E-state index in [4.69, 9.17) is 14.4 Å². The molecule has 0 spiro atoms. The Labute approximate surface area is 119 Å². The van der Waals surface area contributed by atoms with Gasteiger partial charge in [0.1, 0.15) is 29.9 Å². The van der Waals surface area contributed by atoms with Crippen molar-refractivity contribution in [2.24, 2.45) is 0 Å². The van der Waals surface area contributed by atoms with Gasteiger partial charge in [-0.15, -0.1) is 0 Å². The minimum atomic E-state index is -0.693. The summed E-state index contributed by atoms with van der Waals surface area (Å²) in [5.74, 6) is -1.06. The third kappa shape index (κ3) is 2.43. The number of nitrogens with zero attached hydrogens (tertiary/aromatic N) is 1. The molecule has 1 heterocycles. The summed E-state index contributed by atoms with van der Waals surface area (Å²) in [6.45, 7) is -0.121. The number of fused-ring (bicyclic) bond motifs is 1. The lowest BCUT2D eigenvalue weighted by Gasteiger charge is -2.06. The fraction of sp³-hybridized carbons (Fsp3) is 0.0625.